The molecule has 0 saturated carbocycles. The Morgan fingerprint density at radius 1 is 1.31 bits per heavy atom. The summed E-state index contributed by atoms with van der Waals surface area (Å²) < 4.78 is 0. The summed E-state index contributed by atoms with van der Waals surface area (Å²) in [6.07, 6.45) is 8.46. The first kappa shape index (κ1) is 10.8. The van der Waals surface area contributed by atoms with Crippen molar-refractivity contribution in [2.24, 2.45) is 0 Å². The Morgan fingerprint density at radius 3 is 2.46 bits per heavy atom. The van der Waals surface area contributed by atoms with Crippen molar-refractivity contribution in [3.8, 4) is 0 Å². The fourth-order valence-corrected chi connectivity index (χ4v) is 2.17. The molecule has 0 aromatic heterocycles. The Kier molecular flexibility index (Phi) is 4.53. The molecule has 0 spiro atoms. The van der Waals surface area contributed by atoms with Crippen LogP contribution in [0, 0.1) is 0 Å². The number of allylic oxidation sites excluding steroid dienone is 1. The van der Waals surface area contributed by atoms with Crippen LogP contribution in [0.15, 0.2) is 12.2 Å². The van der Waals surface area contributed by atoms with E-state index >= 15 is 0 Å². The van der Waals surface area contributed by atoms with E-state index in [0.29, 0.717) is 0 Å². The molecule has 0 aliphatic carbocycles. The van der Waals surface area contributed by atoms with Gasteiger partial charge in [-0.25, -0.2) is 0 Å². The van der Waals surface area contributed by atoms with Gasteiger partial charge < -0.3 is 4.90 Å². The van der Waals surface area contributed by atoms with E-state index in [2.05, 4.69) is 17.1 Å². The summed E-state index contributed by atoms with van der Waals surface area (Å²) in [6.45, 7) is 2.99. The maximum absolute atomic E-state index is 5.27. The van der Waals surface area contributed by atoms with Gasteiger partial charge in [-0.05, 0) is 32.6 Å². The van der Waals surface area contributed by atoms with E-state index < -0.39 is 0 Å². The van der Waals surface area contributed by atoms with Gasteiger partial charge in [0, 0.05) is 6.54 Å². The highest BCUT2D eigenvalue weighted by molar-refractivity contribution is 7.81. The van der Waals surface area contributed by atoms with Crippen molar-refractivity contribution in [1.29, 1.82) is 0 Å². The molecule has 0 unspecified atom stereocenters. The predicted molar refractivity (Wildman–Crippen MR) is 65.2 cm³/mol. The van der Waals surface area contributed by atoms with E-state index in [1.54, 1.807) is 0 Å². The molecule has 0 bridgehead atoms. The lowest BCUT2D eigenvalue weighted by Gasteiger charge is -2.29. The molecule has 1 fully saturated rings. The van der Waals surface area contributed by atoms with Crippen molar-refractivity contribution < 1.29 is 0 Å². The second-order valence-electron chi connectivity index (χ2n) is 3.15. The van der Waals surface area contributed by atoms with Crippen LogP contribution in [-0.4, -0.2) is 21.4 Å². The Morgan fingerprint density at radius 2 is 1.92 bits per heavy atom. The fraction of sp³-hybridized carbons (Fsp3) is 0.600. The fourth-order valence-electron chi connectivity index (χ4n) is 1.42. The highest BCUT2D eigenvalue weighted by Gasteiger charge is 2.18. The van der Waals surface area contributed by atoms with Crippen LogP contribution < -0.4 is 0 Å². The molecule has 1 nitrogen and oxygen atoms in total. The molecule has 0 aromatic carbocycles. The summed E-state index contributed by atoms with van der Waals surface area (Å²) in [5.41, 5.74) is 0. The van der Waals surface area contributed by atoms with Gasteiger partial charge in [-0.15, -0.1) is 0 Å². The molecule has 0 N–H and O–H groups in total. The monoisotopic (exact) mass is 213 g/mol. The lowest BCUT2D eigenvalue weighted by Crippen LogP contribution is -2.38. The molecular weight excluding hydrogens is 198 g/mol. The van der Waals surface area contributed by atoms with Crippen LogP contribution in [0.1, 0.15) is 32.6 Å². The Balaban J connectivity index is 2.44. The summed E-state index contributed by atoms with van der Waals surface area (Å²) in [6, 6.07) is 0. The third-order valence-electron chi connectivity index (χ3n) is 2.14. The smallest absolute Gasteiger partial charge is 0.0827 e. The first-order chi connectivity index (χ1) is 6.25. The van der Waals surface area contributed by atoms with Gasteiger partial charge in [0.25, 0.3) is 0 Å². The second-order valence-corrected chi connectivity index (χ2v) is 4.09. The van der Waals surface area contributed by atoms with Crippen LogP contribution in [0.5, 0.6) is 0 Å². The highest BCUT2D eigenvalue weighted by Crippen LogP contribution is 2.15. The molecule has 1 rings (SSSR count). The molecule has 0 atom stereocenters. The summed E-state index contributed by atoms with van der Waals surface area (Å²) in [7, 11) is 0. The lowest BCUT2D eigenvalue weighted by molar-refractivity contribution is 0.574. The maximum atomic E-state index is 5.27. The topological polar surface area (TPSA) is 3.24 Å². The summed E-state index contributed by atoms with van der Waals surface area (Å²) >= 11 is 10.5. The van der Waals surface area contributed by atoms with Crippen molar-refractivity contribution in [2.75, 3.05) is 6.54 Å². The second kappa shape index (κ2) is 5.45. The minimum atomic E-state index is 0.960. The highest BCUT2D eigenvalue weighted by atomic mass is 32.1. The van der Waals surface area contributed by atoms with Gasteiger partial charge in [0.1, 0.15) is 0 Å². The van der Waals surface area contributed by atoms with E-state index in [4.69, 9.17) is 24.4 Å². The minimum absolute atomic E-state index is 0.960. The Bertz CT molecular complexity index is 217. The van der Waals surface area contributed by atoms with Gasteiger partial charge in [-0.3, -0.25) is 0 Å². The van der Waals surface area contributed by atoms with Crippen LogP contribution >= 0.6 is 24.4 Å². The van der Waals surface area contributed by atoms with Gasteiger partial charge >= 0.3 is 0 Å². The molecule has 1 aliphatic rings. The average molecular weight is 213 g/mol. The normalized spacial score (nSPS) is 18.7. The zero-order chi connectivity index (χ0) is 9.68. The number of nitrogens with zero attached hydrogens (tertiary/aromatic N) is 1. The van der Waals surface area contributed by atoms with Crippen molar-refractivity contribution >= 4 is 34.4 Å². The van der Waals surface area contributed by atoms with Crippen LogP contribution in [0.4, 0.5) is 0 Å². The zero-order valence-electron chi connectivity index (χ0n) is 7.95. The quantitative estimate of drug-likeness (QED) is 0.524. The number of hydrogen-bond acceptors (Lipinski definition) is 2. The van der Waals surface area contributed by atoms with E-state index in [9.17, 15) is 0 Å². The van der Waals surface area contributed by atoms with Gasteiger partial charge in [-0.2, -0.15) is 0 Å². The van der Waals surface area contributed by atoms with Crippen molar-refractivity contribution in [1.82, 2.24) is 4.90 Å². The third-order valence-corrected chi connectivity index (χ3v) is 2.99. The van der Waals surface area contributed by atoms with E-state index in [1.807, 2.05) is 6.92 Å². The van der Waals surface area contributed by atoms with E-state index in [0.717, 1.165) is 42.2 Å². The van der Waals surface area contributed by atoms with Crippen LogP contribution in [0.2, 0.25) is 0 Å². The lowest BCUT2D eigenvalue weighted by atomic mass is 10.1. The maximum Gasteiger partial charge on any atom is 0.0827 e. The van der Waals surface area contributed by atoms with E-state index in [-0.39, 0.29) is 0 Å². The predicted octanol–water partition coefficient (Wildman–Crippen LogP) is 3.09. The van der Waals surface area contributed by atoms with Crippen LogP contribution in [-0.2, 0) is 0 Å². The average Bonchev–Trinajstić information content (AvgIpc) is 2.10. The van der Waals surface area contributed by atoms with Crippen LogP contribution in [0.3, 0.4) is 0 Å². The van der Waals surface area contributed by atoms with Crippen molar-refractivity contribution in [3.05, 3.63) is 12.2 Å². The first-order valence-corrected chi connectivity index (χ1v) is 5.51. The Hall–Kier alpha value is -0.280. The van der Waals surface area contributed by atoms with Gasteiger partial charge in [0.2, 0.25) is 0 Å². The van der Waals surface area contributed by atoms with Crippen molar-refractivity contribution in [3.63, 3.8) is 0 Å². The number of piperidine rings is 1. The van der Waals surface area contributed by atoms with Gasteiger partial charge in [-0.1, -0.05) is 36.6 Å². The minimum Gasteiger partial charge on any atom is -0.330 e. The van der Waals surface area contributed by atoms with Crippen LogP contribution in [0.25, 0.3) is 0 Å². The molecule has 0 radical (unpaired) electrons. The standard InChI is InChI=1S/C10H15NS2/c1-2-3-4-8-11-9(12)6-5-7-10(11)13/h2-3H,4-8H2,1H3/b3-2+. The molecule has 0 aromatic rings. The number of likely N-dealkylation sites (tertiary alicyclic amines) is 1. The molecule has 1 aliphatic heterocycles. The summed E-state index contributed by atoms with van der Waals surface area (Å²) in [4.78, 5) is 4.18. The Labute approximate surface area is 90.8 Å². The van der Waals surface area contributed by atoms with Gasteiger partial charge in [0.15, 0.2) is 0 Å². The SMILES string of the molecule is C/C=C/CCN1C(=S)CCCC1=S. The molecule has 13 heavy (non-hydrogen) atoms. The summed E-state index contributed by atoms with van der Waals surface area (Å²) in [5.74, 6) is 0. The number of rotatable bonds is 3. The van der Waals surface area contributed by atoms with Gasteiger partial charge in [0.05, 0.1) is 9.98 Å². The number of thiocarbonyl (C=S) groups is 2. The van der Waals surface area contributed by atoms with Crippen molar-refractivity contribution in [2.45, 2.75) is 32.6 Å². The molecular formula is C10H15NS2. The molecule has 1 heterocycles. The molecule has 1 saturated heterocycles. The third kappa shape index (κ3) is 3.16. The zero-order valence-corrected chi connectivity index (χ0v) is 9.59. The largest absolute Gasteiger partial charge is 0.330 e. The first-order valence-electron chi connectivity index (χ1n) is 4.70. The van der Waals surface area contributed by atoms with E-state index in [1.165, 1.54) is 0 Å². The summed E-state index contributed by atoms with van der Waals surface area (Å²) in [5, 5.41) is 0. The molecule has 3 heteroatoms. The molecule has 0 amide bonds. The molecule has 72 valence electrons. The number of hydrogen-bond donors (Lipinski definition) is 0.